The highest BCUT2D eigenvalue weighted by atomic mass is 32.2. The van der Waals surface area contributed by atoms with Crippen molar-refractivity contribution >= 4 is 32.8 Å². The molecule has 2 aromatic carbocycles. The number of aromatic amines is 1. The molecule has 24 heavy (non-hydrogen) atoms. The molecule has 0 aliphatic heterocycles. The molecule has 1 radical (unpaired) electrons. The van der Waals surface area contributed by atoms with Crippen molar-refractivity contribution < 1.29 is 13.5 Å². The molecule has 0 aliphatic carbocycles. The number of nitrogens with one attached hydrogen (secondary N) is 2. The van der Waals surface area contributed by atoms with Gasteiger partial charge in [0.1, 0.15) is 0 Å². The smallest absolute Gasteiger partial charge is 0.254 e. The molecule has 0 saturated carbocycles. The Hall–Kier alpha value is -2.64. The summed E-state index contributed by atoms with van der Waals surface area (Å²) in [7, 11) is -3.97. The Morgan fingerprint density at radius 1 is 1.17 bits per heavy atom. The molecule has 0 spiro atoms. The Bertz CT molecular complexity index is 1050. The fraction of sp³-hybridized carbons (Fsp3) is 0.118. The summed E-state index contributed by atoms with van der Waals surface area (Å²) in [5.41, 5.74) is 4.08. The molecule has 0 atom stereocenters. The van der Waals surface area contributed by atoms with Crippen LogP contribution < -0.4 is 5.14 Å². The second-order valence-electron chi connectivity index (χ2n) is 5.65. The summed E-state index contributed by atoms with van der Waals surface area (Å²) in [5.74, 6) is 0.0350. The molecule has 0 amide bonds. The van der Waals surface area contributed by atoms with Crippen LogP contribution in [0.3, 0.4) is 0 Å². The second kappa shape index (κ2) is 5.77. The van der Waals surface area contributed by atoms with Gasteiger partial charge in [-0.3, -0.25) is 4.99 Å². The number of benzene rings is 2. The lowest BCUT2D eigenvalue weighted by atomic mass is 10.1. The number of aryl methyl sites for hydroxylation is 2. The van der Waals surface area contributed by atoms with Gasteiger partial charge in [0.05, 0.1) is 21.7 Å². The summed E-state index contributed by atoms with van der Waals surface area (Å²) >= 11 is 0. The van der Waals surface area contributed by atoms with E-state index in [2.05, 4.69) is 9.98 Å². The van der Waals surface area contributed by atoms with Crippen molar-refractivity contribution in [3.8, 4) is 5.88 Å². The molecule has 0 aliphatic rings. The first-order valence-corrected chi connectivity index (χ1v) is 8.69. The van der Waals surface area contributed by atoms with E-state index in [1.807, 2.05) is 26.0 Å². The molecule has 1 aromatic heterocycles. The summed E-state index contributed by atoms with van der Waals surface area (Å²) in [5, 5.41) is 18.0. The number of nitrogens with zero attached hydrogens (tertiary/aromatic N) is 1. The molecule has 3 aromatic rings. The van der Waals surface area contributed by atoms with Crippen LogP contribution >= 0.6 is 0 Å². The van der Waals surface area contributed by atoms with Crippen molar-refractivity contribution in [3.63, 3.8) is 0 Å². The van der Waals surface area contributed by atoms with Crippen molar-refractivity contribution in [2.75, 3.05) is 0 Å². The number of H-pyrrole nitrogens is 1. The molecule has 0 saturated heterocycles. The molecule has 7 heteroatoms. The van der Waals surface area contributed by atoms with Gasteiger partial charge in [0, 0.05) is 11.6 Å². The maximum absolute atomic E-state index is 11.1. The summed E-state index contributed by atoms with van der Waals surface area (Å²) in [4.78, 5) is 7.15. The maximum Gasteiger partial charge on any atom is 0.254 e. The topological polar surface area (TPSA) is 106 Å². The zero-order valence-electron chi connectivity index (χ0n) is 13.2. The monoisotopic (exact) mass is 342 g/mol. The van der Waals surface area contributed by atoms with Gasteiger partial charge in [-0.05, 0) is 49.7 Å². The number of fused-ring (bicyclic) bond motifs is 1. The summed E-state index contributed by atoms with van der Waals surface area (Å²) < 4.78 is 22.3. The van der Waals surface area contributed by atoms with Crippen molar-refractivity contribution in [2.45, 2.75) is 18.7 Å². The third-order valence-electron chi connectivity index (χ3n) is 3.76. The van der Waals surface area contributed by atoms with Crippen molar-refractivity contribution in [1.82, 2.24) is 10.1 Å². The molecule has 0 unspecified atom stereocenters. The number of aromatic nitrogens is 1. The summed E-state index contributed by atoms with van der Waals surface area (Å²) in [6, 6.07) is 9.69. The van der Waals surface area contributed by atoms with E-state index >= 15 is 0 Å². The minimum atomic E-state index is -3.97. The highest BCUT2D eigenvalue weighted by Crippen LogP contribution is 2.29. The first-order chi connectivity index (χ1) is 11.3. The largest absolute Gasteiger partial charge is 0.494 e. The lowest BCUT2D eigenvalue weighted by Crippen LogP contribution is -1.99. The molecule has 6 nitrogen and oxygen atoms in total. The first kappa shape index (κ1) is 16.2. The van der Waals surface area contributed by atoms with E-state index < -0.39 is 10.0 Å². The average molecular weight is 342 g/mol. The van der Waals surface area contributed by atoms with Gasteiger partial charge in [-0.2, -0.15) is 0 Å². The minimum absolute atomic E-state index is 0.0350. The molecule has 3 rings (SSSR count). The quantitative estimate of drug-likeness (QED) is 0.714. The number of hydrogen-bond acceptors (Lipinski definition) is 4. The second-order valence-corrected chi connectivity index (χ2v) is 7.13. The average Bonchev–Trinajstić information content (AvgIpc) is 2.81. The Kier molecular flexibility index (Phi) is 3.90. The molecule has 0 bridgehead atoms. The number of hydrogen-bond donors (Lipinski definition) is 2. The van der Waals surface area contributed by atoms with Crippen molar-refractivity contribution in [3.05, 3.63) is 53.1 Å². The van der Waals surface area contributed by atoms with Crippen LogP contribution in [0, 0.1) is 13.8 Å². The van der Waals surface area contributed by atoms with Crippen LogP contribution in [0.1, 0.15) is 16.7 Å². The van der Waals surface area contributed by atoms with E-state index in [1.54, 1.807) is 0 Å². The van der Waals surface area contributed by atoms with Gasteiger partial charge in [-0.15, -0.1) is 5.14 Å². The number of rotatable bonds is 3. The van der Waals surface area contributed by atoms with E-state index in [9.17, 15) is 13.5 Å². The van der Waals surface area contributed by atoms with Crippen LogP contribution in [0.2, 0.25) is 0 Å². The van der Waals surface area contributed by atoms with E-state index in [0.717, 1.165) is 22.0 Å². The Morgan fingerprint density at radius 3 is 2.46 bits per heavy atom. The van der Waals surface area contributed by atoms with Gasteiger partial charge in [-0.25, -0.2) is 8.42 Å². The SMILES string of the molecule is Cc1cc(C)c2[nH]c(O)c(C=Nc3ccc(S([NH])(=O)=O)cc3)c2c1. The lowest BCUT2D eigenvalue weighted by molar-refractivity contribution is 0.457. The highest BCUT2D eigenvalue weighted by Gasteiger charge is 2.11. The number of sulfonamides is 1. The van der Waals surface area contributed by atoms with E-state index in [0.29, 0.717) is 11.3 Å². The third-order valence-corrected chi connectivity index (χ3v) is 4.65. The molecule has 3 N–H and O–H groups in total. The Balaban J connectivity index is 2.01. The fourth-order valence-electron chi connectivity index (χ4n) is 2.64. The predicted octanol–water partition coefficient (Wildman–Crippen LogP) is 3.21. The summed E-state index contributed by atoms with van der Waals surface area (Å²) in [6.07, 6.45) is 1.54. The number of aliphatic imine (C=N–C) groups is 1. The Labute approximate surface area is 139 Å². The van der Waals surface area contributed by atoms with Gasteiger partial charge < -0.3 is 10.1 Å². The van der Waals surface area contributed by atoms with E-state index in [-0.39, 0.29) is 10.8 Å². The standard InChI is InChI=1S/C17H16N3O3S/c1-10-7-11(2)16-14(8-10)15(17(21)20-16)9-19-12-3-5-13(6-4-12)24(18,22)23/h3-9,18,20-21H,1-2H3. The van der Waals surface area contributed by atoms with Crippen LogP contribution in [0.15, 0.2) is 46.3 Å². The van der Waals surface area contributed by atoms with Crippen molar-refractivity contribution in [1.29, 1.82) is 0 Å². The molecule has 0 fully saturated rings. The maximum atomic E-state index is 11.1. The van der Waals surface area contributed by atoms with Gasteiger partial charge in [-0.1, -0.05) is 11.6 Å². The first-order valence-electron chi connectivity index (χ1n) is 7.21. The lowest BCUT2D eigenvalue weighted by Gasteiger charge is -2.00. The molecular formula is C17H16N3O3S. The zero-order valence-corrected chi connectivity index (χ0v) is 14.0. The van der Waals surface area contributed by atoms with Gasteiger partial charge >= 0.3 is 0 Å². The predicted molar refractivity (Wildman–Crippen MR) is 93.4 cm³/mol. The minimum Gasteiger partial charge on any atom is -0.494 e. The van der Waals surface area contributed by atoms with E-state index in [4.69, 9.17) is 5.14 Å². The van der Waals surface area contributed by atoms with Crippen LogP contribution in [0.25, 0.3) is 10.9 Å². The van der Waals surface area contributed by atoms with Crippen LogP contribution in [0.4, 0.5) is 5.69 Å². The van der Waals surface area contributed by atoms with Crippen LogP contribution in [-0.2, 0) is 10.0 Å². The van der Waals surface area contributed by atoms with Gasteiger partial charge in [0.2, 0.25) is 0 Å². The Morgan fingerprint density at radius 2 is 1.83 bits per heavy atom. The number of aromatic hydroxyl groups is 1. The molecule has 1 heterocycles. The molecule has 123 valence electrons. The van der Waals surface area contributed by atoms with Crippen LogP contribution in [-0.4, -0.2) is 24.7 Å². The molecular weight excluding hydrogens is 326 g/mol. The van der Waals surface area contributed by atoms with Gasteiger partial charge in [0.15, 0.2) is 5.88 Å². The van der Waals surface area contributed by atoms with Crippen LogP contribution in [0.5, 0.6) is 5.88 Å². The van der Waals surface area contributed by atoms with Crippen molar-refractivity contribution in [2.24, 2.45) is 4.99 Å². The summed E-state index contributed by atoms with van der Waals surface area (Å²) in [6.45, 7) is 3.95. The fourth-order valence-corrected chi connectivity index (χ4v) is 3.13. The van der Waals surface area contributed by atoms with E-state index in [1.165, 1.54) is 30.5 Å². The highest BCUT2D eigenvalue weighted by molar-refractivity contribution is 7.88. The third kappa shape index (κ3) is 3.04. The van der Waals surface area contributed by atoms with Gasteiger partial charge in [0.25, 0.3) is 10.0 Å². The normalized spacial score (nSPS) is 12.3. The zero-order chi connectivity index (χ0) is 17.5.